The van der Waals surface area contributed by atoms with Crippen molar-refractivity contribution in [2.75, 3.05) is 5.32 Å². The predicted molar refractivity (Wildman–Crippen MR) is 126 cm³/mol. The molecule has 4 rings (SSSR count). The molecule has 1 N–H and O–H groups in total. The number of nitrogens with zero attached hydrogens (tertiary/aromatic N) is 3. The van der Waals surface area contributed by atoms with Crippen LogP contribution in [0.4, 0.5) is 5.69 Å². The van der Waals surface area contributed by atoms with E-state index in [1.165, 1.54) is 28.0 Å². The summed E-state index contributed by atoms with van der Waals surface area (Å²) in [7, 11) is 0. The van der Waals surface area contributed by atoms with E-state index in [9.17, 15) is 14.4 Å². The molecule has 0 aliphatic carbocycles. The maximum absolute atomic E-state index is 12.7. The fourth-order valence-corrected chi connectivity index (χ4v) is 4.11. The number of carbonyl (C=O) groups excluding carboxylic acids is 2. The van der Waals surface area contributed by atoms with Crippen molar-refractivity contribution >= 4 is 45.5 Å². The van der Waals surface area contributed by atoms with Gasteiger partial charge in [0.1, 0.15) is 11.6 Å². The van der Waals surface area contributed by atoms with Gasteiger partial charge in [-0.05, 0) is 30.3 Å². The standard InChI is InChI=1S/C23H19ClN4O4S/c1-13(2)21-27-28-19(29)11-16(25-23(28)33-21)12-32-22(31)17-8-3-4-9-18(17)26-20(30)14-6-5-7-15(24)10-14/h3-11,13H,12H2,1-2H3,(H,26,30). The Hall–Kier alpha value is -3.56. The third-order valence-corrected chi connectivity index (χ3v) is 6.08. The van der Waals surface area contributed by atoms with Crippen molar-refractivity contribution < 1.29 is 14.3 Å². The number of rotatable bonds is 6. The molecule has 0 saturated heterocycles. The molecule has 10 heteroatoms. The number of hydrogen-bond acceptors (Lipinski definition) is 7. The van der Waals surface area contributed by atoms with Gasteiger partial charge in [-0.1, -0.05) is 55.0 Å². The summed E-state index contributed by atoms with van der Waals surface area (Å²) < 4.78 is 6.62. The van der Waals surface area contributed by atoms with Gasteiger partial charge in [0.25, 0.3) is 11.5 Å². The second kappa shape index (κ2) is 9.51. The molecule has 1 amide bonds. The number of anilines is 1. The van der Waals surface area contributed by atoms with Crippen molar-refractivity contribution in [1.29, 1.82) is 0 Å². The van der Waals surface area contributed by atoms with Crippen LogP contribution in [-0.4, -0.2) is 26.5 Å². The molecule has 33 heavy (non-hydrogen) atoms. The van der Waals surface area contributed by atoms with Gasteiger partial charge in [-0.15, -0.1) is 0 Å². The molecule has 0 bridgehead atoms. The maximum Gasteiger partial charge on any atom is 0.340 e. The average molecular weight is 483 g/mol. The van der Waals surface area contributed by atoms with Crippen LogP contribution in [0.1, 0.15) is 51.2 Å². The number of nitrogens with one attached hydrogen (secondary N) is 1. The lowest BCUT2D eigenvalue weighted by Gasteiger charge is -2.11. The molecule has 0 spiro atoms. The van der Waals surface area contributed by atoms with E-state index in [2.05, 4.69) is 15.4 Å². The van der Waals surface area contributed by atoms with E-state index in [0.717, 1.165) is 5.01 Å². The first-order chi connectivity index (χ1) is 15.8. The third kappa shape index (κ3) is 5.10. The molecule has 0 fully saturated rings. The molecule has 0 atom stereocenters. The van der Waals surface area contributed by atoms with E-state index in [1.54, 1.807) is 42.5 Å². The zero-order chi connectivity index (χ0) is 23.5. The number of para-hydroxylation sites is 1. The molecule has 4 aromatic rings. The predicted octanol–water partition coefficient (Wildman–Crippen LogP) is 4.54. The van der Waals surface area contributed by atoms with E-state index >= 15 is 0 Å². The summed E-state index contributed by atoms with van der Waals surface area (Å²) in [6.07, 6.45) is 0. The van der Waals surface area contributed by atoms with E-state index in [-0.39, 0.29) is 23.6 Å². The highest BCUT2D eigenvalue weighted by atomic mass is 35.5. The molecule has 0 aliphatic rings. The van der Waals surface area contributed by atoms with Gasteiger partial charge in [0, 0.05) is 22.6 Å². The Bertz CT molecular complexity index is 1410. The van der Waals surface area contributed by atoms with Crippen molar-refractivity contribution in [2.45, 2.75) is 26.4 Å². The highest BCUT2D eigenvalue weighted by molar-refractivity contribution is 7.16. The number of ether oxygens (including phenoxy) is 1. The first-order valence-electron chi connectivity index (χ1n) is 10.0. The second-order valence-electron chi connectivity index (χ2n) is 7.46. The number of carbonyl (C=O) groups is 2. The van der Waals surface area contributed by atoms with Gasteiger partial charge in [-0.3, -0.25) is 9.59 Å². The summed E-state index contributed by atoms with van der Waals surface area (Å²) >= 11 is 7.27. The van der Waals surface area contributed by atoms with Crippen molar-refractivity contribution in [3.63, 3.8) is 0 Å². The largest absolute Gasteiger partial charge is 0.456 e. The molecule has 0 saturated carbocycles. The summed E-state index contributed by atoms with van der Waals surface area (Å²) in [5, 5.41) is 8.19. The van der Waals surface area contributed by atoms with Crippen LogP contribution in [-0.2, 0) is 11.3 Å². The minimum atomic E-state index is -0.661. The fraction of sp³-hybridized carbons (Fsp3) is 0.174. The summed E-state index contributed by atoms with van der Waals surface area (Å²) in [6, 6.07) is 14.3. The molecule has 2 aromatic heterocycles. The van der Waals surface area contributed by atoms with Crippen molar-refractivity contribution in [2.24, 2.45) is 0 Å². The molecule has 8 nitrogen and oxygen atoms in total. The number of hydrogen-bond donors (Lipinski definition) is 1. The average Bonchev–Trinajstić information content (AvgIpc) is 3.23. The van der Waals surface area contributed by atoms with E-state index < -0.39 is 11.9 Å². The van der Waals surface area contributed by atoms with E-state index in [4.69, 9.17) is 16.3 Å². The highest BCUT2D eigenvalue weighted by Gasteiger charge is 2.17. The number of esters is 1. The zero-order valence-electron chi connectivity index (χ0n) is 17.7. The number of amides is 1. The van der Waals surface area contributed by atoms with Gasteiger partial charge in [-0.2, -0.15) is 9.61 Å². The molecule has 168 valence electrons. The van der Waals surface area contributed by atoms with Gasteiger partial charge in [0.2, 0.25) is 4.96 Å². The van der Waals surface area contributed by atoms with Crippen molar-refractivity contribution in [1.82, 2.24) is 14.6 Å². The monoisotopic (exact) mass is 482 g/mol. The van der Waals surface area contributed by atoms with E-state index in [0.29, 0.717) is 26.9 Å². The smallest absolute Gasteiger partial charge is 0.340 e. The molecule has 2 heterocycles. The van der Waals surface area contributed by atoms with Crippen LogP contribution in [0.3, 0.4) is 0 Å². The Balaban J connectivity index is 1.50. The molecular weight excluding hydrogens is 464 g/mol. The van der Waals surface area contributed by atoms with Gasteiger partial charge in [-0.25, -0.2) is 9.78 Å². The second-order valence-corrected chi connectivity index (χ2v) is 8.89. The van der Waals surface area contributed by atoms with Crippen LogP contribution in [0.25, 0.3) is 4.96 Å². The summed E-state index contributed by atoms with van der Waals surface area (Å²) in [4.78, 5) is 42.5. The fourth-order valence-electron chi connectivity index (χ4n) is 2.99. The SMILES string of the molecule is CC(C)c1nn2c(=O)cc(COC(=O)c3ccccc3NC(=O)c3cccc(Cl)c3)nc2s1. The number of halogens is 1. The molecular formula is C23H19ClN4O4S. The quantitative estimate of drug-likeness (QED) is 0.405. The Morgan fingerprint density at radius 2 is 1.94 bits per heavy atom. The molecule has 0 radical (unpaired) electrons. The van der Waals surface area contributed by atoms with Gasteiger partial charge in [0.15, 0.2) is 0 Å². The lowest BCUT2D eigenvalue weighted by molar-refractivity contribution is 0.0469. The lowest BCUT2D eigenvalue weighted by atomic mass is 10.1. The minimum absolute atomic E-state index is 0.163. The van der Waals surface area contributed by atoms with Gasteiger partial charge in [0.05, 0.1) is 16.9 Å². The number of fused-ring (bicyclic) bond motifs is 1. The Morgan fingerprint density at radius 3 is 2.70 bits per heavy atom. The first-order valence-corrected chi connectivity index (χ1v) is 11.2. The van der Waals surface area contributed by atoms with Crippen LogP contribution < -0.4 is 10.9 Å². The van der Waals surface area contributed by atoms with Crippen LogP contribution in [0.5, 0.6) is 0 Å². The van der Waals surface area contributed by atoms with Crippen LogP contribution in [0.15, 0.2) is 59.4 Å². The lowest BCUT2D eigenvalue weighted by Crippen LogP contribution is -2.18. The van der Waals surface area contributed by atoms with Gasteiger partial charge < -0.3 is 10.1 Å². The van der Waals surface area contributed by atoms with Gasteiger partial charge >= 0.3 is 5.97 Å². The molecule has 2 aromatic carbocycles. The first kappa shape index (κ1) is 22.6. The Morgan fingerprint density at radius 1 is 1.15 bits per heavy atom. The summed E-state index contributed by atoms with van der Waals surface area (Å²) in [6.45, 7) is 3.76. The van der Waals surface area contributed by atoms with Crippen LogP contribution in [0, 0.1) is 0 Å². The van der Waals surface area contributed by atoms with E-state index in [1.807, 2.05) is 13.8 Å². The number of benzene rings is 2. The normalized spacial score (nSPS) is 11.0. The van der Waals surface area contributed by atoms with Crippen LogP contribution in [0.2, 0.25) is 5.02 Å². The minimum Gasteiger partial charge on any atom is -0.456 e. The third-order valence-electron chi connectivity index (χ3n) is 4.64. The highest BCUT2D eigenvalue weighted by Crippen LogP contribution is 2.21. The molecule has 0 aliphatic heterocycles. The molecule has 0 unspecified atom stereocenters. The topological polar surface area (TPSA) is 103 Å². The van der Waals surface area contributed by atoms with Crippen LogP contribution >= 0.6 is 22.9 Å². The summed E-state index contributed by atoms with van der Waals surface area (Å²) in [5.74, 6) is -0.911. The Labute approximate surface area is 197 Å². The maximum atomic E-state index is 12.7. The Kier molecular flexibility index (Phi) is 6.52. The van der Waals surface area contributed by atoms with Crippen molar-refractivity contribution in [3.05, 3.63) is 91.8 Å². The van der Waals surface area contributed by atoms with Crippen molar-refractivity contribution in [3.8, 4) is 0 Å². The zero-order valence-corrected chi connectivity index (χ0v) is 19.3. The number of aromatic nitrogens is 3. The summed E-state index contributed by atoms with van der Waals surface area (Å²) in [5.41, 5.74) is 0.788.